The number of hydrogen-bond acceptors (Lipinski definition) is 3. The molecule has 1 aromatic rings. The topological polar surface area (TPSA) is 18.5 Å². The Labute approximate surface area is 89.6 Å². The zero-order chi connectivity index (χ0) is 10.2. The van der Waals surface area contributed by atoms with Gasteiger partial charge in [0.2, 0.25) is 6.79 Å². The van der Waals surface area contributed by atoms with Crippen molar-refractivity contribution in [1.82, 2.24) is 0 Å². The van der Waals surface area contributed by atoms with E-state index >= 15 is 0 Å². The first kappa shape index (κ1) is 9.71. The van der Waals surface area contributed by atoms with Gasteiger partial charge in [-0.15, -0.1) is 0 Å². The molecule has 0 bridgehead atoms. The fourth-order valence-electron chi connectivity index (χ4n) is 1.44. The van der Waals surface area contributed by atoms with Crippen LogP contribution in [-0.2, 0) is 4.75 Å². The number of benzene rings is 1. The molecule has 1 aromatic carbocycles. The Balaban J connectivity index is 2.38. The highest BCUT2D eigenvalue weighted by Crippen LogP contribution is 2.39. The Morgan fingerprint density at radius 1 is 1.36 bits per heavy atom. The van der Waals surface area contributed by atoms with Crippen molar-refractivity contribution in [3.8, 4) is 11.5 Å². The first-order valence-corrected chi connectivity index (χ1v) is 5.21. The smallest absolute Gasteiger partial charge is 0.231 e. The lowest BCUT2D eigenvalue weighted by Crippen LogP contribution is -2.11. The van der Waals surface area contributed by atoms with Gasteiger partial charge < -0.3 is 9.47 Å². The Hall–Kier alpha value is -0.830. The van der Waals surface area contributed by atoms with Crippen LogP contribution in [0, 0.1) is 0 Å². The third-order valence-electron chi connectivity index (χ3n) is 2.68. The van der Waals surface area contributed by atoms with E-state index in [2.05, 4.69) is 26.5 Å². The van der Waals surface area contributed by atoms with Gasteiger partial charge in [0.1, 0.15) is 0 Å². The SMILES string of the molecule is CCC(C)(S)c1ccc2c(c1)OCO2. The maximum atomic E-state index is 5.32. The highest BCUT2D eigenvalue weighted by atomic mass is 32.1. The van der Waals surface area contributed by atoms with Crippen molar-refractivity contribution in [3.05, 3.63) is 23.8 Å². The highest BCUT2D eigenvalue weighted by molar-refractivity contribution is 7.81. The summed E-state index contributed by atoms with van der Waals surface area (Å²) in [6.45, 7) is 4.55. The van der Waals surface area contributed by atoms with Crippen molar-refractivity contribution in [2.24, 2.45) is 0 Å². The summed E-state index contributed by atoms with van der Waals surface area (Å²) in [5.41, 5.74) is 1.17. The molecular weight excluding hydrogens is 196 g/mol. The Kier molecular flexibility index (Phi) is 2.35. The van der Waals surface area contributed by atoms with Gasteiger partial charge in [-0.1, -0.05) is 13.0 Å². The van der Waals surface area contributed by atoms with Gasteiger partial charge in [-0.3, -0.25) is 0 Å². The van der Waals surface area contributed by atoms with Gasteiger partial charge in [0.25, 0.3) is 0 Å². The van der Waals surface area contributed by atoms with E-state index in [1.54, 1.807) is 0 Å². The lowest BCUT2D eigenvalue weighted by Gasteiger charge is -2.22. The van der Waals surface area contributed by atoms with Crippen LogP contribution in [0.1, 0.15) is 25.8 Å². The van der Waals surface area contributed by atoms with Crippen molar-refractivity contribution < 1.29 is 9.47 Å². The summed E-state index contributed by atoms with van der Waals surface area (Å²) in [5.74, 6) is 1.66. The van der Waals surface area contributed by atoms with Gasteiger partial charge in [-0.25, -0.2) is 0 Å². The molecule has 0 aromatic heterocycles. The molecule has 0 saturated carbocycles. The average molecular weight is 210 g/mol. The average Bonchev–Trinajstić information content (AvgIpc) is 2.64. The van der Waals surface area contributed by atoms with Crippen LogP contribution in [0.3, 0.4) is 0 Å². The molecule has 2 rings (SSSR count). The molecule has 2 nitrogen and oxygen atoms in total. The van der Waals surface area contributed by atoms with Gasteiger partial charge in [0, 0.05) is 4.75 Å². The third-order valence-corrected chi connectivity index (χ3v) is 3.26. The van der Waals surface area contributed by atoms with Crippen LogP contribution in [-0.4, -0.2) is 6.79 Å². The third kappa shape index (κ3) is 1.57. The molecule has 0 aliphatic carbocycles. The summed E-state index contributed by atoms with van der Waals surface area (Å²) in [7, 11) is 0. The molecule has 0 radical (unpaired) electrons. The van der Waals surface area contributed by atoms with Gasteiger partial charge in [0.15, 0.2) is 11.5 Å². The number of ether oxygens (including phenoxy) is 2. The van der Waals surface area contributed by atoms with Crippen LogP contribution >= 0.6 is 12.6 Å². The normalized spacial score (nSPS) is 17.9. The standard InChI is InChI=1S/C11H14O2S/c1-3-11(2,14)8-4-5-9-10(6-8)13-7-12-9/h4-6,14H,3,7H2,1-2H3. The van der Waals surface area contributed by atoms with Crippen LogP contribution in [0.4, 0.5) is 0 Å². The minimum atomic E-state index is -0.0962. The molecule has 0 spiro atoms. The van der Waals surface area contributed by atoms with Crippen LogP contribution in [0.2, 0.25) is 0 Å². The molecule has 1 aliphatic heterocycles. The first-order chi connectivity index (χ1) is 6.63. The highest BCUT2D eigenvalue weighted by Gasteiger charge is 2.22. The predicted molar refractivity (Wildman–Crippen MR) is 59.2 cm³/mol. The molecule has 3 heteroatoms. The molecule has 1 aliphatic rings. The molecular formula is C11H14O2S. The largest absolute Gasteiger partial charge is 0.454 e. The second kappa shape index (κ2) is 3.39. The lowest BCUT2D eigenvalue weighted by molar-refractivity contribution is 0.174. The molecule has 1 heterocycles. The van der Waals surface area contributed by atoms with Crippen molar-refractivity contribution in [1.29, 1.82) is 0 Å². The molecule has 14 heavy (non-hydrogen) atoms. The molecule has 0 amide bonds. The van der Waals surface area contributed by atoms with Gasteiger partial charge in [-0.2, -0.15) is 12.6 Å². The fraction of sp³-hybridized carbons (Fsp3) is 0.455. The van der Waals surface area contributed by atoms with Crippen LogP contribution < -0.4 is 9.47 Å². The summed E-state index contributed by atoms with van der Waals surface area (Å²) in [4.78, 5) is 0. The molecule has 1 atom stereocenters. The molecule has 0 N–H and O–H groups in total. The summed E-state index contributed by atoms with van der Waals surface area (Å²) >= 11 is 4.62. The fourth-order valence-corrected chi connectivity index (χ4v) is 1.57. The summed E-state index contributed by atoms with van der Waals surface area (Å²) in [5, 5.41) is 0. The first-order valence-electron chi connectivity index (χ1n) is 4.76. The zero-order valence-corrected chi connectivity index (χ0v) is 9.30. The lowest BCUT2D eigenvalue weighted by atomic mass is 9.97. The van der Waals surface area contributed by atoms with Gasteiger partial charge in [0.05, 0.1) is 0 Å². The second-order valence-electron chi connectivity index (χ2n) is 3.70. The van der Waals surface area contributed by atoms with E-state index in [1.807, 2.05) is 18.2 Å². The van der Waals surface area contributed by atoms with E-state index in [0.717, 1.165) is 17.9 Å². The molecule has 1 unspecified atom stereocenters. The van der Waals surface area contributed by atoms with Gasteiger partial charge in [-0.05, 0) is 31.0 Å². The molecule has 76 valence electrons. The Morgan fingerprint density at radius 3 is 2.79 bits per heavy atom. The van der Waals surface area contributed by atoms with Crippen molar-refractivity contribution in [2.75, 3.05) is 6.79 Å². The zero-order valence-electron chi connectivity index (χ0n) is 8.41. The summed E-state index contributed by atoms with van der Waals surface area (Å²) in [6, 6.07) is 6.00. The minimum Gasteiger partial charge on any atom is -0.454 e. The van der Waals surface area contributed by atoms with E-state index < -0.39 is 0 Å². The van der Waals surface area contributed by atoms with E-state index in [9.17, 15) is 0 Å². The Morgan fingerprint density at radius 2 is 2.07 bits per heavy atom. The minimum absolute atomic E-state index is 0.0962. The number of hydrogen-bond donors (Lipinski definition) is 1. The number of fused-ring (bicyclic) bond motifs is 1. The second-order valence-corrected chi connectivity index (χ2v) is 4.68. The number of rotatable bonds is 2. The van der Waals surface area contributed by atoms with Gasteiger partial charge >= 0.3 is 0 Å². The predicted octanol–water partition coefficient (Wildman–Crippen LogP) is 2.97. The van der Waals surface area contributed by atoms with Crippen LogP contribution in [0.25, 0.3) is 0 Å². The summed E-state index contributed by atoms with van der Waals surface area (Å²) < 4.78 is 10.5. The van der Waals surface area contributed by atoms with Crippen LogP contribution in [0.15, 0.2) is 18.2 Å². The summed E-state index contributed by atoms with van der Waals surface area (Å²) in [6.07, 6.45) is 0.982. The van der Waals surface area contributed by atoms with E-state index in [-0.39, 0.29) is 4.75 Å². The molecule has 0 saturated heterocycles. The van der Waals surface area contributed by atoms with E-state index in [4.69, 9.17) is 9.47 Å². The maximum absolute atomic E-state index is 5.32. The van der Waals surface area contributed by atoms with Crippen molar-refractivity contribution >= 4 is 12.6 Å². The van der Waals surface area contributed by atoms with Crippen LogP contribution in [0.5, 0.6) is 11.5 Å². The maximum Gasteiger partial charge on any atom is 0.231 e. The van der Waals surface area contributed by atoms with Crippen molar-refractivity contribution in [3.63, 3.8) is 0 Å². The number of thiol groups is 1. The quantitative estimate of drug-likeness (QED) is 0.756. The van der Waals surface area contributed by atoms with E-state index in [1.165, 1.54) is 5.56 Å². The Bertz CT molecular complexity index is 347. The van der Waals surface area contributed by atoms with E-state index in [0.29, 0.717) is 6.79 Å². The molecule has 0 fully saturated rings. The van der Waals surface area contributed by atoms with Crippen molar-refractivity contribution in [2.45, 2.75) is 25.0 Å². The monoisotopic (exact) mass is 210 g/mol.